The number of aryl methyl sites for hydroxylation is 3. The Bertz CT molecular complexity index is 880. The highest BCUT2D eigenvalue weighted by molar-refractivity contribution is 5.96. The lowest BCUT2D eigenvalue weighted by Gasteiger charge is -2.14. The van der Waals surface area contributed by atoms with Crippen LogP contribution in [0.3, 0.4) is 0 Å². The monoisotopic (exact) mass is 327 g/mol. The Balaban J connectivity index is 1.61. The van der Waals surface area contributed by atoms with E-state index in [0.29, 0.717) is 17.8 Å². The number of nitrogens with one attached hydrogen (secondary N) is 1. The molecular weight excluding hydrogens is 306 g/mol. The topological polar surface area (TPSA) is 85.8 Å². The van der Waals surface area contributed by atoms with E-state index in [9.17, 15) is 4.79 Å². The van der Waals surface area contributed by atoms with Gasteiger partial charge in [0, 0.05) is 25.0 Å². The van der Waals surface area contributed by atoms with Crippen LogP contribution in [0.25, 0.3) is 11.1 Å². The third-order valence-corrected chi connectivity index (χ3v) is 3.97. The minimum atomic E-state index is -0.148. The third-order valence-electron chi connectivity index (χ3n) is 3.97. The average molecular weight is 327 g/mol. The van der Waals surface area contributed by atoms with Crippen molar-refractivity contribution in [1.29, 1.82) is 0 Å². The number of carbonyl (C=O) groups is 1. The Hall–Kier alpha value is -2.70. The number of hydrogen-bond acceptors (Lipinski definition) is 5. The fourth-order valence-electron chi connectivity index (χ4n) is 2.66. The lowest BCUT2D eigenvalue weighted by atomic mass is 10.1. The van der Waals surface area contributed by atoms with Crippen molar-refractivity contribution in [1.82, 2.24) is 25.2 Å². The van der Waals surface area contributed by atoms with Gasteiger partial charge in [0.2, 0.25) is 0 Å². The molecule has 0 aliphatic heterocycles. The lowest BCUT2D eigenvalue weighted by Crippen LogP contribution is -2.30. The van der Waals surface area contributed by atoms with Gasteiger partial charge in [-0.3, -0.25) is 9.48 Å². The summed E-state index contributed by atoms with van der Waals surface area (Å²) in [7, 11) is 0. The third kappa shape index (κ3) is 3.29. The smallest absolute Gasteiger partial charge is 0.257 e. The fourth-order valence-corrected chi connectivity index (χ4v) is 2.66. The molecule has 0 spiro atoms. The van der Waals surface area contributed by atoms with Gasteiger partial charge in [-0.25, -0.2) is 4.98 Å². The summed E-state index contributed by atoms with van der Waals surface area (Å²) in [6.07, 6.45) is 1.51. The molecule has 1 amide bonds. The van der Waals surface area contributed by atoms with Crippen LogP contribution in [-0.4, -0.2) is 32.4 Å². The molecule has 1 unspecified atom stereocenters. The number of amides is 1. The number of carbonyl (C=O) groups excluding carboxylic acids is 1. The fraction of sp³-hybridized carbons (Fsp3) is 0.412. The summed E-state index contributed by atoms with van der Waals surface area (Å²) in [5.41, 5.74) is 3.81. The molecule has 7 nitrogen and oxygen atoms in total. The largest absolute Gasteiger partial charge is 0.352 e. The number of fused-ring (bicyclic) bond motifs is 1. The summed E-state index contributed by atoms with van der Waals surface area (Å²) in [6, 6.07) is 3.81. The number of nitrogens with zero attached hydrogens (tertiary/aromatic N) is 4. The van der Waals surface area contributed by atoms with Crippen LogP contribution in [0.1, 0.15) is 34.4 Å². The molecule has 3 aromatic rings. The number of hydrogen-bond donors (Lipinski definition) is 1. The molecule has 0 bridgehead atoms. The van der Waals surface area contributed by atoms with E-state index in [0.717, 1.165) is 29.0 Å². The lowest BCUT2D eigenvalue weighted by molar-refractivity contribution is 0.0946. The van der Waals surface area contributed by atoms with Crippen molar-refractivity contribution in [2.75, 3.05) is 6.54 Å². The molecule has 0 saturated heterocycles. The maximum atomic E-state index is 12.3. The number of pyridine rings is 1. The first-order valence-electron chi connectivity index (χ1n) is 7.95. The number of aromatic nitrogens is 4. The van der Waals surface area contributed by atoms with Gasteiger partial charge in [-0.15, -0.1) is 0 Å². The molecular formula is C17H21N5O2. The summed E-state index contributed by atoms with van der Waals surface area (Å²) in [4.78, 5) is 16.5. The second-order valence-corrected chi connectivity index (χ2v) is 6.27. The SMILES string of the molecule is Cc1cc(C)n(CC(C)CNC(=O)c2cnc3onc(C)c3c2)n1. The van der Waals surface area contributed by atoms with Crippen LogP contribution < -0.4 is 5.32 Å². The molecule has 3 aromatic heterocycles. The molecule has 0 aliphatic carbocycles. The van der Waals surface area contributed by atoms with Crippen LogP contribution >= 0.6 is 0 Å². The molecule has 0 saturated carbocycles. The van der Waals surface area contributed by atoms with Gasteiger partial charge < -0.3 is 9.84 Å². The molecule has 7 heteroatoms. The average Bonchev–Trinajstić information content (AvgIpc) is 3.07. The van der Waals surface area contributed by atoms with Crippen LogP contribution in [0.4, 0.5) is 0 Å². The van der Waals surface area contributed by atoms with Gasteiger partial charge in [-0.2, -0.15) is 5.10 Å². The molecule has 126 valence electrons. The standard InChI is InChI=1S/C17H21N5O2/c1-10(9-22-12(3)5-11(2)20-22)7-18-16(23)14-6-15-13(4)21-24-17(15)19-8-14/h5-6,8,10H,7,9H2,1-4H3,(H,18,23). The van der Waals surface area contributed by atoms with Gasteiger partial charge >= 0.3 is 0 Å². The van der Waals surface area contributed by atoms with Crippen LogP contribution in [0.2, 0.25) is 0 Å². The van der Waals surface area contributed by atoms with Crippen LogP contribution in [0.15, 0.2) is 22.9 Å². The Morgan fingerprint density at radius 1 is 1.33 bits per heavy atom. The first-order valence-corrected chi connectivity index (χ1v) is 7.95. The van der Waals surface area contributed by atoms with Crippen LogP contribution in [-0.2, 0) is 6.54 Å². The van der Waals surface area contributed by atoms with E-state index in [1.165, 1.54) is 6.20 Å². The summed E-state index contributed by atoms with van der Waals surface area (Å²) in [5.74, 6) is 0.117. The predicted octanol–water partition coefficient (Wildman–Crippen LogP) is 2.41. The molecule has 1 atom stereocenters. The zero-order valence-corrected chi connectivity index (χ0v) is 14.3. The highest BCUT2D eigenvalue weighted by Gasteiger charge is 2.13. The maximum absolute atomic E-state index is 12.3. The molecule has 0 aliphatic rings. The zero-order chi connectivity index (χ0) is 17.3. The molecule has 24 heavy (non-hydrogen) atoms. The highest BCUT2D eigenvalue weighted by atomic mass is 16.5. The van der Waals surface area contributed by atoms with Gasteiger partial charge in [0.05, 0.1) is 22.3 Å². The summed E-state index contributed by atoms with van der Waals surface area (Å²) in [5, 5.41) is 12.0. The van der Waals surface area contributed by atoms with E-state index in [4.69, 9.17) is 4.52 Å². The molecule has 3 heterocycles. The van der Waals surface area contributed by atoms with E-state index < -0.39 is 0 Å². The van der Waals surface area contributed by atoms with Gasteiger partial charge in [-0.05, 0) is 38.8 Å². The van der Waals surface area contributed by atoms with E-state index in [-0.39, 0.29) is 11.8 Å². The molecule has 3 rings (SSSR count). The molecule has 1 N–H and O–H groups in total. The van der Waals surface area contributed by atoms with Crippen molar-refractivity contribution in [2.45, 2.75) is 34.2 Å². The summed E-state index contributed by atoms with van der Waals surface area (Å²) in [6.45, 7) is 9.26. The maximum Gasteiger partial charge on any atom is 0.257 e. The van der Waals surface area contributed by atoms with E-state index in [1.54, 1.807) is 6.07 Å². The van der Waals surface area contributed by atoms with Gasteiger partial charge in [-0.1, -0.05) is 12.1 Å². The first kappa shape index (κ1) is 16.2. The predicted molar refractivity (Wildman–Crippen MR) is 89.7 cm³/mol. The van der Waals surface area contributed by atoms with Crippen LogP contribution in [0.5, 0.6) is 0 Å². The van der Waals surface area contributed by atoms with E-state index in [1.807, 2.05) is 31.5 Å². The second kappa shape index (κ2) is 6.43. The number of rotatable bonds is 5. The molecule has 0 radical (unpaired) electrons. The Morgan fingerprint density at radius 3 is 2.83 bits per heavy atom. The van der Waals surface area contributed by atoms with Crippen molar-refractivity contribution in [3.05, 3.63) is 41.0 Å². The van der Waals surface area contributed by atoms with Crippen molar-refractivity contribution in [3.63, 3.8) is 0 Å². The second-order valence-electron chi connectivity index (χ2n) is 6.27. The van der Waals surface area contributed by atoms with Crippen molar-refractivity contribution < 1.29 is 9.32 Å². The van der Waals surface area contributed by atoms with Crippen molar-refractivity contribution in [2.24, 2.45) is 5.92 Å². The molecule has 0 fully saturated rings. The van der Waals surface area contributed by atoms with E-state index >= 15 is 0 Å². The normalized spacial score (nSPS) is 12.5. The zero-order valence-electron chi connectivity index (χ0n) is 14.3. The van der Waals surface area contributed by atoms with Crippen LogP contribution in [0, 0.1) is 26.7 Å². The van der Waals surface area contributed by atoms with Crippen molar-refractivity contribution in [3.8, 4) is 0 Å². The summed E-state index contributed by atoms with van der Waals surface area (Å²) < 4.78 is 7.03. The summed E-state index contributed by atoms with van der Waals surface area (Å²) >= 11 is 0. The Kier molecular flexibility index (Phi) is 4.33. The van der Waals surface area contributed by atoms with Gasteiger partial charge in [0.25, 0.3) is 11.6 Å². The van der Waals surface area contributed by atoms with Gasteiger partial charge in [0.15, 0.2) is 0 Å². The quantitative estimate of drug-likeness (QED) is 0.778. The minimum absolute atomic E-state index is 0.148. The first-order chi connectivity index (χ1) is 11.4. The van der Waals surface area contributed by atoms with Crippen molar-refractivity contribution >= 4 is 17.0 Å². The highest BCUT2D eigenvalue weighted by Crippen LogP contribution is 2.16. The van der Waals surface area contributed by atoms with E-state index in [2.05, 4.69) is 27.5 Å². The minimum Gasteiger partial charge on any atom is -0.352 e. The Labute approximate surface area is 140 Å². The Morgan fingerprint density at radius 2 is 2.12 bits per heavy atom. The van der Waals surface area contributed by atoms with Gasteiger partial charge in [0.1, 0.15) is 0 Å². The molecule has 0 aromatic carbocycles.